The first-order chi connectivity index (χ1) is 15.9. The van der Waals surface area contributed by atoms with Gasteiger partial charge in [-0.05, 0) is 42.5 Å². The number of hydrogen-bond acceptors (Lipinski definition) is 5. The summed E-state index contributed by atoms with van der Waals surface area (Å²) in [6.07, 6.45) is -0.519. The van der Waals surface area contributed by atoms with E-state index < -0.39 is 23.7 Å². The number of piperidine rings is 1. The fourth-order valence-electron chi connectivity index (χ4n) is 4.69. The summed E-state index contributed by atoms with van der Waals surface area (Å²) in [6.45, 7) is 5.76. The summed E-state index contributed by atoms with van der Waals surface area (Å²) < 4.78 is 38.0. The highest BCUT2D eigenvalue weighted by Gasteiger charge is 2.55. The number of nitrogens with zero attached hydrogens (tertiary/aromatic N) is 1. The maximum absolute atomic E-state index is 13.9. The van der Waals surface area contributed by atoms with E-state index in [0.717, 1.165) is 37.0 Å². The average Bonchev–Trinajstić information content (AvgIpc) is 3.23. The van der Waals surface area contributed by atoms with Crippen LogP contribution in [0.3, 0.4) is 0 Å². The second kappa shape index (κ2) is 13.4. The standard InChI is InChI=1S/C25H30F2N2O4.2ClH/c1-2-32-23(25(30)31)11-16-3-7-19(8-4-16)33-10-9-28-24-20-14-29(15-21(20)24)13-17-5-6-18(26)12-22(17)27;;/h3-8,12,20-21,23-24,28H,2,9-11,13-15H2,1H3,(H,30,31);2*1H/t20-,21?,23-,24+;;/m0../s1. The number of rotatable bonds is 12. The Labute approximate surface area is 216 Å². The Kier molecular flexibility index (Phi) is 11.2. The van der Waals surface area contributed by atoms with Gasteiger partial charge in [-0.1, -0.05) is 18.2 Å². The van der Waals surface area contributed by atoms with Crippen molar-refractivity contribution in [3.05, 3.63) is 65.2 Å². The van der Waals surface area contributed by atoms with Gasteiger partial charge in [-0.15, -0.1) is 24.8 Å². The van der Waals surface area contributed by atoms with Crippen molar-refractivity contribution in [2.75, 3.05) is 32.8 Å². The van der Waals surface area contributed by atoms with Crippen LogP contribution in [0.25, 0.3) is 0 Å². The van der Waals surface area contributed by atoms with Crippen LogP contribution in [0.5, 0.6) is 5.75 Å². The van der Waals surface area contributed by atoms with Gasteiger partial charge in [-0.3, -0.25) is 4.90 Å². The van der Waals surface area contributed by atoms with E-state index in [4.69, 9.17) is 9.47 Å². The van der Waals surface area contributed by atoms with Crippen molar-refractivity contribution >= 4 is 30.8 Å². The SMILES string of the molecule is CCO[C@@H](Cc1ccc(OCCN[C@H]2C3CN(Cc4ccc(F)cc4F)C[C@@H]32)cc1)C(=O)O.Cl.Cl. The third-order valence-corrected chi connectivity index (χ3v) is 6.42. The number of carbonyl (C=O) groups is 1. The first kappa shape index (κ1) is 29.3. The van der Waals surface area contributed by atoms with Gasteiger partial charge in [0.2, 0.25) is 0 Å². The van der Waals surface area contributed by atoms with Gasteiger partial charge in [0.15, 0.2) is 6.10 Å². The van der Waals surface area contributed by atoms with E-state index in [0.29, 0.717) is 49.6 Å². The molecule has 6 nitrogen and oxygen atoms in total. The zero-order chi connectivity index (χ0) is 23.4. The molecule has 4 rings (SSSR count). The van der Waals surface area contributed by atoms with E-state index in [2.05, 4.69) is 10.2 Å². The zero-order valence-electron chi connectivity index (χ0n) is 19.5. The lowest BCUT2D eigenvalue weighted by Crippen LogP contribution is -2.33. The second-order valence-corrected chi connectivity index (χ2v) is 8.72. The van der Waals surface area contributed by atoms with Crippen molar-refractivity contribution in [1.29, 1.82) is 0 Å². The molecule has 2 aromatic rings. The van der Waals surface area contributed by atoms with Crippen molar-refractivity contribution < 1.29 is 28.2 Å². The van der Waals surface area contributed by atoms with Crippen LogP contribution in [0.2, 0.25) is 0 Å². The largest absolute Gasteiger partial charge is 0.492 e. The molecule has 1 saturated heterocycles. The number of carboxylic acid groups (broad SMARTS) is 1. The van der Waals surface area contributed by atoms with Crippen LogP contribution in [0.15, 0.2) is 42.5 Å². The zero-order valence-corrected chi connectivity index (χ0v) is 21.1. The van der Waals surface area contributed by atoms with Gasteiger partial charge in [0.05, 0.1) is 0 Å². The lowest BCUT2D eigenvalue weighted by Gasteiger charge is -2.20. The van der Waals surface area contributed by atoms with Crippen molar-refractivity contribution in [2.45, 2.75) is 32.0 Å². The maximum atomic E-state index is 13.9. The van der Waals surface area contributed by atoms with Gasteiger partial charge in [-0.2, -0.15) is 0 Å². The van der Waals surface area contributed by atoms with Crippen LogP contribution >= 0.6 is 24.8 Å². The van der Waals surface area contributed by atoms with E-state index in [-0.39, 0.29) is 24.8 Å². The van der Waals surface area contributed by atoms with Crippen molar-refractivity contribution in [1.82, 2.24) is 10.2 Å². The number of halogens is 4. The third-order valence-electron chi connectivity index (χ3n) is 6.42. The highest BCUT2D eigenvalue weighted by Crippen LogP contribution is 2.45. The monoisotopic (exact) mass is 532 g/mol. The second-order valence-electron chi connectivity index (χ2n) is 8.72. The van der Waals surface area contributed by atoms with E-state index in [9.17, 15) is 18.7 Å². The fourth-order valence-corrected chi connectivity index (χ4v) is 4.69. The first-order valence-electron chi connectivity index (χ1n) is 11.4. The molecule has 194 valence electrons. The summed E-state index contributed by atoms with van der Waals surface area (Å²) in [5.41, 5.74) is 1.43. The van der Waals surface area contributed by atoms with Crippen LogP contribution in [-0.4, -0.2) is 61.0 Å². The number of nitrogens with one attached hydrogen (secondary N) is 1. The van der Waals surface area contributed by atoms with Crippen LogP contribution in [-0.2, 0) is 22.5 Å². The molecule has 35 heavy (non-hydrogen) atoms. The molecule has 1 aliphatic carbocycles. The fraction of sp³-hybridized carbons (Fsp3) is 0.480. The van der Waals surface area contributed by atoms with Gasteiger partial charge in [-0.25, -0.2) is 13.6 Å². The highest BCUT2D eigenvalue weighted by molar-refractivity contribution is 5.85. The molecule has 0 spiro atoms. The predicted octanol–water partition coefficient (Wildman–Crippen LogP) is 3.94. The summed E-state index contributed by atoms with van der Waals surface area (Å²) in [6, 6.07) is 11.7. The topological polar surface area (TPSA) is 71.0 Å². The minimum atomic E-state index is -0.959. The lowest BCUT2D eigenvalue weighted by molar-refractivity contribution is -0.149. The Hall–Kier alpha value is -1.97. The summed E-state index contributed by atoms with van der Waals surface area (Å²) >= 11 is 0. The average molecular weight is 533 g/mol. The van der Waals surface area contributed by atoms with Gasteiger partial charge >= 0.3 is 5.97 Å². The number of aliphatic carboxylic acids is 1. The Bertz CT molecular complexity index is 955. The summed E-state index contributed by atoms with van der Waals surface area (Å²) in [4.78, 5) is 13.4. The molecule has 1 aliphatic heterocycles. The highest BCUT2D eigenvalue weighted by atomic mass is 35.5. The van der Waals surface area contributed by atoms with Gasteiger partial charge in [0.25, 0.3) is 0 Å². The predicted molar refractivity (Wildman–Crippen MR) is 134 cm³/mol. The molecule has 0 aromatic heterocycles. The number of hydrogen-bond donors (Lipinski definition) is 2. The molecule has 0 radical (unpaired) electrons. The molecule has 0 amide bonds. The number of fused-ring (bicyclic) bond motifs is 1. The number of benzene rings is 2. The number of ether oxygens (including phenoxy) is 2. The van der Waals surface area contributed by atoms with Crippen molar-refractivity contribution in [2.24, 2.45) is 11.8 Å². The Morgan fingerprint density at radius 2 is 1.83 bits per heavy atom. The molecule has 10 heteroatoms. The minimum absolute atomic E-state index is 0. The molecular weight excluding hydrogens is 501 g/mol. The van der Waals surface area contributed by atoms with Crippen molar-refractivity contribution in [3.63, 3.8) is 0 Å². The van der Waals surface area contributed by atoms with Crippen LogP contribution < -0.4 is 10.1 Å². The van der Waals surface area contributed by atoms with E-state index in [1.165, 1.54) is 12.1 Å². The van der Waals surface area contributed by atoms with E-state index in [1.54, 1.807) is 6.92 Å². The quantitative estimate of drug-likeness (QED) is 0.403. The molecule has 1 unspecified atom stereocenters. The minimum Gasteiger partial charge on any atom is -0.492 e. The van der Waals surface area contributed by atoms with Crippen molar-refractivity contribution in [3.8, 4) is 5.75 Å². The molecule has 0 bridgehead atoms. The number of likely N-dealkylation sites (tertiary alicyclic amines) is 1. The normalized spacial score (nSPS) is 21.4. The first-order valence-corrected chi connectivity index (χ1v) is 11.4. The van der Waals surface area contributed by atoms with Crippen LogP contribution in [0, 0.1) is 23.5 Å². The molecule has 2 aliphatic rings. The van der Waals surface area contributed by atoms with Crippen LogP contribution in [0.1, 0.15) is 18.1 Å². The maximum Gasteiger partial charge on any atom is 0.333 e. The smallest absolute Gasteiger partial charge is 0.333 e. The Morgan fingerprint density at radius 1 is 1.14 bits per heavy atom. The Balaban J connectivity index is 0.00000216. The molecule has 1 heterocycles. The van der Waals surface area contributed by atoms with Gasteiger partial charge in [0.1, 0.15) is 24.0 Å². The summed E-state index contributed by atoms with van der Waals surface area (Å²) in [7, 11) is 0. The Morgan fingerprint density at radius 3 is 2.43 bits per heavy atom. The third kappa shape index (κ3) is 7.75. The van der Waals surface area contributed by atoms with Gasteiger partial charge in [0, 0.05) is 56.9 Å². The molecule has 1 saturated carbocycles. The molecule has 2 N–H and O–H groups in total. The molecule has 2 aromatic carbocycles. The van der Waals surface area contributed by atoms with Gasteiger partial charge < -0.3 is 19.9 Å². The van der Waals surface area contributed by atoms with E-state index in [1.807, 2.05) is 24.3 Å². The number of carboxylic acids is 1. The van der Waals surface area contributed by atoms with Crippen LogP contribution in [0.4, 0.5) is 8.78 Å². The molecular formula is C25H32Cl2F2N2O4. The molecule has 4 atom stereocenters. The van der Waals surface area contributed by atoms with E-state index >= 15 is 0 Å². The lowest BCUT2D eigenvalue weighted by atomic mass is 10.1. The molecule has 2 fully saturated rings. The summed E-state index contributed by atoms with van der Waals surface area (Å²) in [5, 5.41) is 12.7. The summed E-state index contributed by atoms with van der Waals surface area (Å²) in [5.74, 6) is -0.102.